The van der Waals surface area contributed by atoms with Gasteiger partial charge in [-0.1, -0.05) is 89.2 Å². The van der Waals surface area contributed by atoms with Crippen molar-refractivity contribution in [2.75, 3.05) is 0 Å². The molecule has 1 nitrogen and oxygen atoms in total. The summed E-state index contributed by atoms with van der Waals surface area (Å²) in [4.78, 5) is 0. The Hall–Kier alpha value is -2.71. The van der Waals surface area contributed by atoms with E-state index in [1.807, 2.05) is 32.9 Å². The minimum absolute atomic E-state index is 0.105. The van der Waals surface area contributed by atoms with Gasteiger partial charge in [-0.25, -0.2) is 4.39 Å². The number of hydrogen-bond acceptors (Lipinski definition) is 1. The van der Waals surface area contributed by atoms with Crippen LogP contribution in [0.15, 0.2) is 54.6 Å². The van der Waals surface area contributed by atoms with E-state index < -0.39 is 5.60 Å². The van der Waals surface area contributed by atoms with E-state index in [-0.39, 0.29) is 11.2 Å². The largest absolute Gasteiger partial charge is 0.386 e. The molecule has 2 heteroatoms. The van der Waals surface area contributed by atoms with E-state index in [4.69, 9.17) is 0 Å². The molecule has 37 heavy (non-hydrogen) atoms. The van der Waals surface area contributed by atoms with Gasteiger partial charge < -0.3 is 5.11 Å². The van der Waals surface area contributed by atoms with Gasteiger partial charge >= 0.3 is 0 Å². The zero-order valence-corrected chi connectivity index (χ0v) is 24.1. The molecule has 3 aromatic rings. The normalized spacial score (nSPS) is 12.5. The average Bonchev–Trinajstić information content (AvgIpc) is 2.89. The highest BCUT2D eigenvalue weighted by Gasteiger charge is 2.32. The molecular formula is C35H45FO. The van der Waals surface area contributed by atoms with Crippen molar-refractivity contribution in [3.05, 3.63) is 99.4 Å². The Bertz CT molecular complexity index is 1240. The summed E-state index contributed by atoms with van der Waals surface area (Å²) in [5.74, 6) is -0.125. The summed E-state index contributed by atoms with van der Waals surface area (Å²) in [6, 6.07) is 17.1. The second-order valence-corrected chi connectivity index (χ2v) is 10.6. The van der Waals surface area contributed by atoms with Crippen molar-refractivity contribution >= 4 is 6.08 Å². The lowest BCUT2D eigenvalue weighted by Crippen LogP contribution is -2.26. The molecule has 198 valence electrons. The zero-order valence-electron chi connectivity index (χ0n) is 24.1. The summed E-state index contributed by atoms with van der Waals surface area (Å²) >= 11 is 0. The van der Waals surface area contributed by atoms with Crippen LogP contribution in [0.1, 0.15) is 99.2 Å². The van der Waals surface area contributed by atoms with Crippen molar-refractivity contribution in [3.63, 3.8) is 0 Å². The second-order valence-electron chi connectivity index (χ2n) is 10.6. The summed E-state index contributed by atoms with van der Waals surface area (Å²) in [5, 5.41) is 10.7. The Kier molecular flexibility index (Phi) is 9.18. The molecule has 0 heterocycles. The maximum Gasteiger partial charge on any atom is 0.127 e. The molecule has 0 aromatic heterocycles. The number of rotatable bonds is 10. The van der Waals surface area contributed by atoms with Gasteiger partial charge in [0.05, 0.1) is 5.60 Å². The van der Waals surface area contributed by atoms with Gasteiger partial charge in [0, 0.05) is 5.41 Å². The van der Waals surface area contributed by atoms with Crippen LogP contribution in [0.2, 0.25) is 0 Å². The number of benzene rings is 3. The first-order valence-corrected chi connectivity index (χ1v) is 14.0. The molecule has 0 saturated heterocycles. The highest BCUT2D eigenvalue weighted by molar-refractivity contribution is 5.72. The SMILES string of the molecule is CCc1ccc(-c2c(C)cc(C(CC)(CC)c3ccc(/C=C/C(O)(CC)CC)c(C)c3)cc2C)cc1F. The zero-order chi connectivity index (χ0) is 27.4. The summed E-state index contributed by atoms with van der Waals surface area (Å²) in [7, 11) is 0. The molecule has 0 fully saturated rings. The molecule has 3 aromatic carbocycles. The van der Waals surface area contributed by atoms with Crippen molar-refractivity contribution in [2.24, 2.45) is 0 Å². The highest BCUT2D eigenvalue weighted by atomic mass is 19.1. The Balaban J connectivity index is 2.07. The molecule has 0 bridgehead atoms. The predicted molar refractivity (Wildman–Crippen MR) is 158 cm³/mol. The molecule has 0 atom stereocenters. The van der Waals surface area contributed by atoms with E-state index in [2.05, 4.69) is 77.1 Å². The van der Waals surface area contributed by atoms with Crippen molar-refractivity contribution in [3.8, 4) is 11.1 Å². The topological polar surface area (TPSA) is 20.2 Å². The minimum Gasteiger partial charge on any atom is -0.386 e. The highest BCUT2D eigenvalue weighted by Crippen LogP contribution is 2.42. The van der Waals surface area contributed by atoms with E-state index in [9.17, 15) is 9.50 Å². The molecule has 0 radical (unpaired) electrons. The fourth-order valence-corrected chi connectivity index (χ4v) is 5.81. The third kappa shape index (κ3) is 5.75. The van der Waals surface area contributed by atoms with Crippen molar-refractivity contribution in [1.29, 1.82) is 0 Å². The Morgan fingerprint density at radius 3 is 1.81 bits per heavy atom. The fourth-order valence-electron chi connectivity index (χ4n) is 5.81. The maximum atomic E-state index is 14.6. The summed E-state index contributed by atoms with van der Waals surface area (Å²) in [6.07, 6.45) is 8.10. The van der Waals surface area contributed by atoms with Crippen LogP contribution >= 0.6 is 0 Å². The van der Waals surface area contributed by atoms with Gasteiger partial charge in [-0.05, 0) is 109 Å². The molecule has 0 amide bonds. The van der Waals surface area contributed by atoms with Gasteiger partial charge in [-0.15, -0.1) is 0 Å². The van der Waals surface area contributed by atoms with Crippen molar-refractivity contribution < 1.29 is 9.50 Å². The molecule has 0 spiro atoms. The van der Waals surface area contributed by atoms with Crippen LogP contribution in [0.5, 0.6) is 0 Å². The number of hydrogen-bond donors (Lipinski definition) is 1. The standard InChI is InChI=1S/C35H45FO/c1-9-27-14-15-29(23-32(27)36)33-25(7)21-31(22-26(33)8)35(12-4,13-5)30-17-16-28(24(6)20-30)18-19-34(37,10-2)11-3/h14-23,37H,9-13H2,1-8H3/b19-18+. The second kappa shape index (κ2) is 11.8. The average molecular weight is 501 g/mol. The Morgan fingerprint density at radius 2 is 1.32 bits per heavy atom. The quantitative estimate of drug-likeness (QED) is 0.294. The molecule has 1 N–H and O–H groups in total. The molecule has 0 aliphatic carbocycles. The molecule has 3 rings (SSSR count). The predicted octanol–water partition coefficient (Wildman–Crippen LogP) is 9.65. The van der Waals surface area contributed by atoms with Crippen molar-refractivity contribution in [1.82, 2.24) is 0 Å². The Morgan fingerprint density at radius 1 is 0.730 bits per heavy atom. The van der Waals surface area contributed by atoms with E-state index in [1.165, 1.54) is 27.8 Å². The summed E-state index contributed by atoms with van der Waals surface area (Å²) in [5.41, 5.74) is 9.33. The van der Waals surface area contributed by atoms with Gasteiger partial charge in [0.2, 0.25) is 0 Å². The van der Waals surface area contributed by atoms with Gasteiger partial charge in [0.15, 0.2) is 0 Å². The third-order valence-corrected chi connectivity index (χ3v) is 8.64. The van der Waals surface area contributed by atoms with Crippen LogP contribution in [0, 0.1) is 26.6 Å². The van der Waals surface area contributed by atoms with Crippen LogP contribution < -0.4 is 0 Å². The van der Waals surface area contributed by atoms with Crippen molar-refractivity contribution in [2.45, 2.75) is 98.5 Å². The van der Waals surface area contributed by atoms with E-state index in [0.29, 0.717) is 19.3 Å². The number of aryl methyl sites for hydroxylation is 4. The lowest BCUT2D eigenvalue weighted by atomic mass is 9.69. The maximum absolute atomic E-state index is 14.6. The van der Waals surface area contributed by atoms with Gasteiger partial charge in [-0.3, -0.25) is 0 Å². The van der Waals surface area contributed by atoms with Gasteiger partial charge in [0.25, 0.3) is 0 Å². The van der Waals surface area contributed by atoms with E-state index in [0.717, 1.165) is 35.1 Å². The number of aliphatic hydroxyl groups is 1. The van der Waals surface area contributed by atoms with E-state index in [1.54, 1.807) is 6.07 Å². The molecular weight excluding hydrogens is 455 g/mol. The minimum atomic E-state index is -0.752. The van der Waals surface area contributed by atoms with Crippen LogP contribution in [-0.2, 0) is 11.8 Å². The summed E-state index contributed by atoms with van der Waals surface area (Å²) < 4.78 is 14.6. The van der Waals surface area contributed by atoms with Gasteiger partial charge in [0.1, 0.15) is 5.82 Å². The van der Waals surface area contributed by atoms with Crippen LogP contribution in [0.4, 0.5) is 4.39 Å². The van der Waals surface area contributed by atoms with Crippen LogP contribution in [-0.4, -0.2) is 10.7 Å². The lowest BCUT2D eigenvalue weighted by molar-refractivity contribution is 0.0836. The molecule has 0 unspecified atom stereocenters. The van der Waals surface area contributed by atoms with E-state index >= 15 is 0 Å². The van der Waals surface area contributed by atoms with Crippen LogP contribution in [0.25, 0.3) is 17.2 Å². The molecule has 0 aliphatic heterocycles. The Labute approximate surface area is 224 Å². The number of halogens is 1. The molecule has 0 saturated carbocycles. The fraction of sp³-hybridized carbons (Fsp3) is 0.429. The monoisotopic (exact) mass is 500 g/mol. The first-order valence-electron chi connectivity index (χ1n) is 14.0. The lowest BCUT2D eigenvalue weighted by Gasteiger charge is -2.35. The third-order valence-electron chi connectivity index (χ3n) is 8.64. The first-order chi connectivity index (χ1) is 17.6. The van der Waals surface area contributed by atoms with Gasteiger partial charge in [-0.2, -0.15) is 0 Å². The first kappa shape index (κ1) is 28.9. The van der Waals surface area contributed by atoms with Crippen LogP contribution in [0.3, 0.4) is 0 Å². The smallest absolute Gasteiger partial charge is 0.127 e. The molecule has 0 aliphatic rings. The summed E-state index contributed by atoms with van der Waals surface area (Å²) in [6.45, 7) is 17.0.